The van der Waals surface area contributed by atoms with Gasteiger partial charge in [0.2, 0.25) is 5.91 Å². The number of aryl methyl sites for hydroxylation is 1. The minimum atomic E-state index is -0.134. The average molecular weight is 402 g/mol. The maximum atomic E-state index is 12.4. The molecule has 0 saturated carbocycles. The molecule has 1 unspecified atom stereocenters. The van der Waals surface area contributed by atoms with E-state index in [-0.39, 0.29) is 11.9 Å². The van der Waals surface area contributed by atoms with Gasteiger partial charge in [-0.05, 0) is 55.7 Å². The minimum Gasteiger partial charge on any atom is -0.494 e. The van der Waals surface area contributed by atoms with Gasteiger partial charge in [-0.2, -0.15) is 0 Å². The molecule has 0 aliphatic carbocycles. The molecule has 29 heavy (non-hydrogen) atoms. The van der Waals surface area contributed by atoms with Crippen molar-refractivity contribution in [3.8, 4) is 17.2 Å². The zero-order valence-corrected chi connectivity index (χ0v) is 17.7. The summed E-state index contributed by atoms with van der Waals surface area (Å²) in [5, 5.41) is 3.04. The van der Waals surface area contributed by atoms with Crippen LogP contribution in [0, 0.1) is 0 Å². The number of amides is 1. The molecular formula is C23H31NO5. The number of rotatable bonds is 12. The van der Waals surface area contributed by atoms with Crippen LogP contribution in [0.15, 0.2) is 42.5 Å². The number of hydrogen-bond donors (Lipinski definition) is 1. The van der Waals surface area contributed by atoms with E-state index in [9.17, 15) is 4.79 Å². The normalized spacial score (nSPS) is 11.6. The Morgan fingerprint density at radius 2 is 1.76 bits per heavy atom. The fourth-order valence-corrected chi connectivity index (χ4v) is 2.88. The van der Waals surface area contributed by atoms with E-state index in [4.69, 9.17) is 18.9 Å². The van der Waals surface area contributed by atoms with E-state index in [1.807, 2.05) is 56.3 Å². The third-order valence-corrected chi connectivity index (χ3v) is 4.49. The molecule has 0 aliphatic heterocycles. The molecule has 2 aromatic carbocycles. The monoisotopic (exact) mass is 401 g/mol. The van der Waals surface area contributed by atoms with Crippen LogP contribution in [0.25, 0.3) is 0 Å². The summed E-state index contributed by atoms with van der Waals surface area (Å²) in [4.78, 5) is 12.4. The Hall–Kier alpha value is -2.73. The second-order valence-corrected chi connectivity index (χ2v) is 6.62. The highest BCUT2D eigenvalue weighted by Crippen LogP contribution is 2.30. The number of methoxy groups -OCH3 is 2. The number of carbonyl (C=O) groups excluding carboxylic acids is 1. The smallest absolute Gasteiger partial charge is 0.220 e. The van der Waals surface area contributed by atoms with Crippen molar-refractivity contribution in [2.45, 2.75) is 32.7 Å². The first kappa shape index (κ1) is 22.6. The van der Waals surface area contributed by atoms with E-state index in [1.165, 1.54) is 0 Å². The van der Waals surface area contributed by atoms with Gasteiger partial charge in [-0.15, -0.1) is 0 Å². The number of hydrogen-bond acceptors (Lipinski definition) is 5. The van der Waals surface area contributed by atoms with Crippen LogP contribution in [0.2, 0.25) is 0 Å². The summed E-state index contributed by atoms with van der Waals surface area (Å²) in [7, 11) is 3.23. The molecule has 0 saturated heterocycles. The summed E-state index contributed by atoms with van der Waals surface area (Å²) in [5.41, 5.74) is 2.06. The van der Waals surface area contributed by atoms with Crippen LogP contribution in [0.1, 0.15) is 37.4 Å². The van der Waals surface area contributed by atoms with Gasteiger partial charge in [0, 0.05) is 13.5 Å². The molecule has 0 aliphatic rings. The van der Waals surface area contributed by atoms with Crippen molar-refractivity contribution in [1.29, 1.82) is 0 Å². The summed E-state index contributed by atoms with van der Waals surface area (Å²) in [5.74, 6) is 2.14. The molecular weight excluding hydrogens is 370 g/mol. The first-order chi connectivity index (χ1) is 14.1. The van der Waals surface area contributed by atoms with Crippen LogP contribution in [0.5, 0.6) is 17.2 Å². The lowest BCUT2D eigenvalue weighted by Crippen LogP contribution is -2.26. The third kappa shape index (κ3) is 7.31. The largest absolute Gasteiger partial charge is 0.494 e. The maximum absolute atomic E-state index is 12.4. The highest BCUT2D eigenvalue weighted by molar-refractivity contribution is 5.76. The fourth-order valence-electron chi connectivity index (χ4n) is 2.88. The SMILES string of the molecule is CCOc1ccc(CCC(=O)NC(C)c2ccc(OCCOC)c(OC)c2)cc1. The van der Waals surface area contributed by atoms with Crippen molar-refractivity contribution < 1.29 is 23.7 Å². The Balaban J connectivity index is 1.88. The lowest BCUT2D eigenvalue weighted by molar-refractivity contribution is -0.121. The van der Waals surface area contributed by atoms with E-state index < -0.39 is 0 Å². The molecule has 1 amide bonds. The Kier molecular flexibility index (Phi) is 9.31. The van der Waals surface area contributed by atoms with Crippen molar-refractivity contribution in [1.82, 2.24) is 5.32 Å². The zero-order valence-electron chi connectivity index (χ0n) is 17.7. The molecule has 0 heterocycles. The van der Waals surface area contributed by atoms with Gasteiger partial charge >= 0.3 is 0 Å². The van der Waals surface area contributed by atoms with Crippen molar-refractivity contribution in [3.05, 3.63) is 53.6 Å². The molecule has 2 aromatic rings. The highest BCUT2D eigenvalue weighted by Gasteiger charge is 2.13. The molecule has 0 bridgehead atoms. The van der Waals surface area contributed by atoms with Gasteiger partial charge in [0.25, 0.3) is 0 Å². The van der Waals surface area contributed by atoms with Gasteiger partial charge in [0.1, 0.15) is 12.4 Å². The van der Waals surface area contributed by atoms with Crippen molar-refractivity contribution >= 4 is 5.91 Å². The topological polar surface area (TPSA) is 66.0 Å². The van der Waals surface area contributed by atoms with Crippen LogP contribution in [-0.2, 0) is 16.0 Å². The van der Waals surface area contributed by atoms with E-state index in [2.05, 4.69) is 5.32 Å². The molecule has 6 nitrogen and oxygen atoms in total. The second kappa shape index (κ2) is 12.0. The van der Waals surface area contributed by atoms with Crippen molar-refractivity contribution in [2.75, 3.05) is 34.0 Å². The third-order valence-electron chi connectivity index (χ3n) is 4.49. The lowest BCUT2D eigenvalue weighted by atomic mass is 10.1. The molecule has 0 aromatic heterocycles. The number of carbonyl (C=O) groups is 1. The van der Waals surface area contributed by atoms with Gasteiger partial charge in [-0.1, -0.05) is 18.2 Å². The Labute approximate surface area is 173 Å². The highest BCUT2D eigenvalue weighted by atomic mass is 16.5. The first-order valence-electron chi connectivity index (χ1n) is 9.88. The lowest BCUT2D eigenvalue weighted by Gasteiger charge is -2.17. The van der Waals surface area contributed by atoms with Gasteiger partial charge < -0.3 is 24.3 Å². The van der Waals surface area contributed by atoms with Gasteiger partial charge in [-0.3, -0.25) is 4.79 Å². The van der Waals surface area contributed by atoms with Crippen molar-refractivity contribution in [3.63, 3.8) is 0 Å². The molecule has 0 spiro atoms. The van der Waals surface area contributed by atoms with Crippen LogP contribution in [0.4, 0.5) is 0 Å². The molecule has 158 valence electrons. The zero-order chi connectivity index (χ0) is 21.1. The molecule has 0 radical (unpaired) electrons. The molecule has 2 rings (SSSR count). The van der Waals surface area contributed by atoms with E-state index >= 15 is 0 Å². The Bertz CT molecular complexity index is 760. The fraction of sp³-hybridized carbons (Fsp3) is 0.435. The van der Waals surface area contributed by atoms with Crippen LogP contribution in [-0.4, -0.2) is 39.9 Å². The molecule has 6 heteroatoms. The second-order valence-electron chi connectivity index (χ2n) is 6.62. The average Bonchev–Trinajstić information content (AvgIpc) is 2.73. The molecule has 1 atom stereocenters. The number of nitrogens with one attached hydrogen (secondary N) is 1. The first-order valence-corrected chi connectivity index (χ1v) is 9.88. The Morgan fingerprint density at radius 1 is 1.00 bits per heavy atom. The summed E-state index contributed by atoms with van der Waals surface area (Å²) in [6.45, 7) is 5.51. The van der Waals surface area contributed by atoms with Gasteiger partial charge in [0.05, 0.1) is 26.4 Å². The number of benzene rings is 2. The van der Waals surface area contributed by atoms with Gasteiger partial charge in [-0.25, -0.2) is 0 Å². The Morgan fingerprint density at radius 3 is 2.41 bits per heavy atom. The van der Waals surface area contributed by atoms with Crippen molar-refractivity contribution in [2.24, 2.45) is 0 Å². The summed E-state index contributed by atoms with van der Waals surface area (Å²) < 4.78 is 21.5. The van der Waals surface area contributed by atoms with Crippen LogP contribution < -0.4 is 19.5 Å². The van der Waals surface area contributed by atoms with Gasteiger partial charge in [0.15, 0.2) is 11.5 Å². The predicted molar refractivity (Wildman–Crippen MR) is 113 cm³/mol. The van der Waals surface area contributed by atoms with Crippen LogP contribution in [0.3, 0.4) is 0 Å². The van der Waals surface area contributed by atoms with E-state index in [0.29, 0.717) is 44.2 Å². The maximum Gasteiger partial charge on any atom is 0.220 e. The predicted octanol–water partition coefficient (Wildman–Crippen LogP) is 3.93. The summed E-state index contributed by atoms with van der Waals surface area (Å²) in [6, 6.07) is 13.4. The molecule has 0 fully saturated rings. The van der Waals surface area contributed by atoms with Crippen LogP contribution >= 0.6 is 0 Å². The van der Waals surface area contributed by atoms with E-state index in [1.54, 1.807) is 14.2 Å². The quantitative estimate of drug-likeness (QED) is 0.546. The standard InChI is InChI=1S/C23H31NO5/c1-5-28-20-10-6-18(7-11-20)8-13-23(25)24-17(2)19-9-12-21(22(16-19)27-4)29-15-14-26-3/h6-7,9-12,16-17H,5,8,13-15H2,1-4H3,(H,24,25). The molecule has 1 N–H and O–H groups in total. The summed E-state index contributed by atoms with van der Waals surface area (Å²) >= 11 is 0. The summed E-state index contributed by atoms with van der Waals surface area (Å²) in [6.07, 6.45) is 1.11. The van der Waals surface area contributed by atoms with E-state index in [0.717, 1.165) is 16.9 Å². The minimum absolute atomic E-state index is 0.00535. The number of ether oxygens (including phenoxy) is 4.